The van der Waals surface area contributed by atoms with Crippen LogP contribution in [0, 0.1) is 0 Å². The molecule has 0 aliphatic rings. The Morgan fingerprint density at radius 1 is 1.50 bits per heavy atom. The average Bonchev–Trinajstić information content (AvgIpc) is 0.811. The van der Waals surface area contributed by atoms with E-state index in [9.17, 15) is 0 Å². The molecule has 6 heteroatoms. The van der Waals surface area contributed by atoms with Gasteiger partial charge in [-0.3, -0.25) is 4.46 Å². The van der Waals surface area contributed by atoms with Gasteiger partial charge in [0.15, 0.2) is 0 Å². The summed E-state index contributed by atoms with van der Waals surface area (Å²) in [4.78, 5) is 14.3. The summed E-state index contributed by atoms with van der Waals surface area (Å²) < 4.78 is 8.74. The minimum absolute atomic E-state index is 0. The van der Waals surface area contributed by atoms with E-state index in [1.807, 2.05) is 0 Å². The van der Waals surface area contributed by atoms with E-state index in [1.54, 1.807) is 0 Å². The van der Waals surface area contributed by atoms with Gasteiger partial charge in [0, 0.05) is 0 Å². The minimum atomic E-state index is -3.13. The number of rotatable bonds is 0. The Labute approximate surface area is 79.6 Å². The summed E-state index contributed by atoms with van der Waals surface area (Å²) >= 11 is 0. The van der Waals surface area contributed by atoms with Gasteiger partial charge >= 0.3 is 61.8 Å². The Balaban J connectivity index is -0.00000000450. The third-order valence-electron chi connectivity index (χ3n) is 0. The third kappa shape index (κ3) is 54.1. The molecule has 0 amide bonds. The van der Waals surface area contributed by atoms with Gasteiger partial charge in [0.1, 0.15) is 0 Å². The zero-order chi connectivity index (χ0) is 3.58. The molecule has 0 saturated heterocycles. The van der Waals surface area contributed by atoms with E-state index < -0.39 is 9.17 Å². The summed E-state index contributed by atoms with van der Waals surface area (Å²) in [6, 6.07) is 0. The molecule has 0 aromatic rings. The van der Waals surface area contributed by atoms with Crippen molar-refractivity contribution in [2.75, 3.05) is 0 Å². The molecule has 0 saturated carbocycles. The second kappa shape index (κ2) is 9.63. The van der Waals surface area contributed by atoms with Crippen LogP contribution in [-0.2, 0) is 4.46 Å². The van der Waals surface area contributed by atoms with Crippen LogP contribution in [-0.4, -0.2) is 41.8 Å². The Morgan fingerprint density at radius 3 is 1.50 bits per heavy atom. The zero-order valence-corrected chi connectivity index (χ0v) is 7.92. The third-order valence-corrected chi connectivity index (χ3v) is 0. The number of hydrogen-bond donors (Lipinski definition) is 2. The van der Waals surface area contributed by atoms with Crippen molar-refractivity contribution in [1.29, 1.82) is 0 Å². The first-order valence-electron chi connectivity index (χ1n) is 0.651. The zero-order valence-electron chi connectivity index (χ0n) is 6.51. The van der Waals surface area contributed by atoms with Gasteiger partial charge in [0.2, 0.25) is 0 Å². The van der Waals surface area contributed by atoms with E-state index in [4.69, 9.17) is 14.1 Å². The molecule has 2 N–H and O–H groups in total. The van der Waals surface area contributed by atoms with Gasteiger partial charge < -0.3 is 13.9 Å². The molecule has 0 atom stereocenters. The maximum atomic E-state index is 8.74. The minimum Gasteiger partial charge on any atom is -1.00 e. The van der Waals surface area contributed by atoms with Gasteiger partial charge in [-0.1, -0.05) is 0 Å². The monoisotopic (exact) mass is 128 g/mol. The predicted octanol–water partition coefficient (Wildman–Crippen LogP) is -4.65. The molecule has 6 heavy (non-hydrogen) atoms. The van der Waals surface area contributed by atoms with Crippen molar-refractivity contribution in [1.82, 2.24) is 0 Å². The molecule has 0 aromatic carbocycles. The summed E-state index contributed by atoms with van der Waals surface area (Å²) in [5, 5.41) is 0. The molecule has 0 aromatic heterocycles. The molecule has 30 valence electrons. The fraction of sp³-hybridized carbons (Fsp3) is 0. The summed E-state index contributed by atoms with van der Waals surface area (Å²) in [5.74, 6) is 0. The Kier molecular flexibility index (Phi) is 25.1. The largest absolute Gasteiger partial charge is 2.00 e. The van der Waals surface area contributed by atoms with Crippen molar-refractivity contribution in [3.8, 4) is 0 Å². The van der Waals surface area contributed by atoms with Crippen molar-refractivity contribution < 1.29 is 47.9 Å². The van der Waals surface area contributed by atoms with Crippen LogP contribution in [0.15, 0.2) is 0 Å². The van der Waals surface area contributed by atoms with Crippen LogP contribution in [0.1, 0.15) is 4.28 Å². The molecule has 0 rings (SSSR count). The molecular formula is H5MgNaO3Si. The van der Waals surface area contributed by atoms with E-state index in [2.05, 4.69) is 0 Å². The van der Waals surface area contributed by atoms with Crippen LogP contribution in [0.25, 0.3) is 0 Å². The van der Waals surface area contributed by atoms with Crippen molar-refractivity contribution in [3.63, 3.8) is 0 Å². The molecule has 0 aliphatic heterocycles. The summed E-state index contributed by atoms with van der Waals surface area (Å²) in [7, 11) is -3.13. The molecular weight excluding hydrogens is 123 g/mol. The second-order valence-corrected chi connectivity index (χ2v) is 0.848. The molecule has 0 unspecified atom stereocenters. The Hall–Kier alpha value is 1.38. The van der Waals surface area contributed by atoms with E-state index in [0.717, 1.165) is 0 Å². The van der Waals surface area contributed by atoms with Gasteiger partial charge in [-0.25, -0.2) is 0 Å². The molecule has 3 nitrogen and oxygen atoms in total. The fourth-order valence-corrected chi connectivity index (χ4v) is 0. The average molecular weight is 128 g/mol. The van der Waals surface area contributed by atoms with Crippen LogP contribution >= 0.6 is 0 Å². The quantitative estimate of drug-likeness (QED) is 0.323. The molecule has 0 radical (unpaired) electrons. The van der Waals surface area contributed by atoms with Crippen molar-refractivity contribution in [2.24, 2.45) is 0 Å². The SMILES string of the molecule is O=[Si](O)O.[H-].[H-].[H-].[Mg+2].[Na+]. The smallest absolute Gasteiger partial charge is 1.00 e. The van der Waals surface area contributed by atoms with Crippen molar-refractivity contribution in [3.05, 3.63) is 0 Å². The standard InChI is InChI=1S/Mg.Na.H2O3Si.3H/c;;1-4(2)3;;;/h;;1-2H;;;/q+2;+1;;3*-1. The second-order valence-electron chi connectivity index (χ2n) is 0.283. The first-order valence-corrected chi connectivity index (χ1v) is 1.95. The van der Waals surface area contributed by atoms with Crippen molar-refractivity contribution >= 4 is 32.2 Å². The molecule has 0 spiro atoms. The van der Waals surface area contributed by atoms with Crippen LogP contribution in [0.4, 0.5) is 0 Å². The summed E-state index contributed by atoms with van der Waals surface area (Å²) in [5.41, 5.74) is 0. The Morgan fingerprint density at radius 2 is 1.50 bits per heavy atom. The maximum Gasteiger partial charge on any atom is 2.00 e. The van der Waals surface area contributed by atoms with E-state index >= 15 is 0 Å². The molecule has 0 bridgehead atoms. The van der Waals surface area contributed by atoms with E-state index in [-0.39, 0.29) is 56.9 Å². The van der Waals surface area contributed by atoms with Gasteiger partial charge in [-0.15, -0.1) is 0 Å². The summed E-state index contributed by atoms with van der Waals surface area (Å²) in [6.45, 7) is 0. The topological polar surface area (TPSA) is 57.5 Å². The van der Waals surface area contributed by atoms with E-state index in [0.29, 0.717) is 0 Å². The van der Waals surface area contributed by atoms with Gasteiger partial charge in [0.25, 0.3) is 0 Å². The van der Waals surface area contributed by atoms with Crippen LogP contribution in [0.3, 0.4) is 0 Å². The molecule has 0 aliphatic carbocycles. The predicted molar refractivity (Wildman–Crippen MR) is 20.0 cm³/mol. The first-order chi connectivity index (χ1) is 1.73. The normalized spacial score (nSPS) is 4.00. The Bertz CT molecular complexity index is 42.0. The van der Waals surface area contributed by atoms with Crippen LogP contribution < -0.4 is 29.6 Å². The first kappa shape index (κ1) is 15.7. The molecule has 0 fully saturated rings. The van der Waals surface area contributed by atoms with Crippen molar-refractivity contribution in [2.45, 2.75) is 0 Å². The van der Waals surface area contributed by atoms with E-state index in [1.165, 1.54) is 0 Å². The number of hydrogen-bond acceptors (Lipinski definition) is 1. The van der Waals surface area contributed by atoms with Crippen LogP contribution in [0.2, 0.25) is 0 Å². The van der Waals surface area contributed by atoms with Gasteiger partial charge in [-0.05, 0) is 0 Å². The maximum absolute atomic E-state index is 8.74. The summed E-state index contributed by atoms with van der Waals surface area (Å²) in [6.07, 6.45) is 0. The molecule has 0 heterocycles. The fourth-order valence-electron chi connectivity index (χ4n) is 0. The van der Waals surface area contributed by atoms with Crippen LogP contribution in [0.5, 0.6) is 0 Å². The van der Waals surface area contributed by atoms with Gasteiger partial charge in [-0.2, -0.15) is 0 Å². The van der Waals surface area contributed by atoms with Gasteiger partial charge in [0.05, 0.1) is 0 Å².